The summed E-state index contributed by atoms with van der Waals surface area (Å²) in [7, 11) is -3.54. The number of halogens is 1. The first-order valence-electron chi connectivity index (χ1n) is 6.83. The van der Waals surface area contributed by atoms with Gasteiger partial charge in [0.15, 0.2) is 0 Å². The van der Waals surface area contributed by atoms with Crippen LogP contribution in [0.25, 0.3) is 0 Å². The number of benzene rings is 2. The molecule has 0 atom stereocenters. The molecule has 0 aromatic heterocycles. The molecule has 0 aliphatic rings. The second-order valence-electron chi connectivity index (χ2n) is 5.02. The summed E-state index contributed by atoms with van der Waals surface area (Å²) in [5.74, 6) is 0.739. The SMILES string of the molecule is Cc1cc(C)cc(OCCNS(=O)(=O)c2ccc(Cl)cc2)c1. The minimum Gasteiger partial charge on any atom is -0.492 e. The van der Waals surface area contributed by atoms with Crippen molar-refractivity contribution >= 4 is 21.6 Å². The van der Waals surface area contributed by atoms with Gasteiger partial charge in [0, 0.05) is 11.6 Å². The van der Waals surface area contributed by atoms with Crippen molar-refractivity contribution in [1.29, 1.82) is 0 Å². The number of ether oxygens (including phenoxy) is 1. The van der Waals surface area contributed by atoms with Gasteiger partial charge in [0.2, 0.25) is 10.0 Å². The van der Waals surface area contributed by atoms with Gasteiger partial charge in [0.05, 0.1) is 4.90 Å². The Morgan fingerprint density at radius 1 is 1.05 bits per heavy atom. The maximum Gasteiger partial charge on any atom is 0.240 e. The van der Waals surface area contributed by atoms with Gasteiger partial charge in [0.25, 0.3) is 0 Å². The molecule has 0 heterocycles. The Morgan fingerprint density at radius 2 is 1.64 bits per heavy atom. The first kappa shape index (κ1) is 16.8. The second-order valence-corrected chi connectivity index (χ2v) is 7.23. The molecule has 6 heteroatoms. The third-order valence-corrected chi connectivity index (χ3v) is 4.71. The summed E-state index contributed by atoms with van der Waals surface area (Å²) in [6.07, 6.45) is 0. The summed E-state index contributed by atoms with van der Waals surface area (Å²) < 4.78 is 32.2. The molecule has 4 nitrogen and oxygen atoms in total. The molecule has 2 rings (SSSR count). The van der Waals surface area contributed by atoms with Crippen LogP contribution in [0.2, 0.25) is 5.02 Å². The Kier molecular flexibility index (Phi) is 5.45. The Morgan fingerprint density at radius 3 is 2.23 bits per heavy atom. The Bertz CT molecular complexity index is 722. The molecule has 0 saturated carbocycles. The fourth-order valence-electron chi connectivity index (χ4n) is 2.06. The maximum absolute atomic E-state index is 12.1. The predicted octanol–water partition coefficient (Wildman–Crippen LogP) is 3.31. The topological polar surface area (TPSA) is 55.4 Å². The largest absolute Gasteiger partial charge is 0.492 e. The van der Waals surface area contributed by atoms with Crippen LogP contribution in [0, 0.1) is 13.8 Å². The fourth-order valence-corrected chi connectivity index (χ4v) is 3.20. The molecule has 0 aliphatic heterocycles. The van der Waals surface area contributed by atoms with E-state index in [0.29, 0.717) is 5.02 Å². The van der Waals surface area contributed by atoms with E-state index in [0.717, 1.165) is 16.9 Å². The van der Waals surface area contributed by atoms with Gasteiger partial charge in [-0.3, -0.25) is 0 Å². The molecule has 2 aromatic carbocycles. The average Bonchev–Trinajstić information content (AvgIpc) is 2.43. The summed E-state index contributed by atoms with van der Waals surface area (Å²) in [6.45, 7) is 4.43. The molecule has 0 amide bonds. The van der Waals surface area contributed by atoms with Crippen LogP contribution in [-0.2, 0) is 10.0 Å². The van der Waals surface area contributed by atoms with Gasteiger partial charge < -0.3 is 4.74 Å². The number of nitrogens with one attached hydrogen (secondary N) is 1. The maximum atomic E-state index is 12.1. The molecule has 0 fully saturated rings. The van der Waals surface area contributed by atoms with E-state index in [9.17, 15) is 8.42 Å². The van der Waals surface area contributed by atoms with Crippen LogP contribution in [0.4, 0.5) is 0 Å². The number of hydrogen-bond donors (Lipinski definition) is 1. The van der Waals surface area contributed by atoms with E-state index < -0.39 is 10.0 Å². The van der Waals surface area contributed by atoms with Gasteiger partial charge in [-0.25, -0.2) is 13.1 Å². The zero-order chi connectivity index (χ0) is 16.2. The van der Waals surface area contributed by atoms with Crippen molar-refractivity contribution in [3.63, 3.8) is 0 Å². The first-order chi connectivity index (χ1) is 10.4. The molecule has 0 spiro atoms. The van der Waals surface area contributed by atoms with E-state index in [1.807, 2.05) is 26.0 Å². The quantitative estimate of drug-likeness (QED) is 0.821. The number of hydrogen-bond acceptors (Lipinski definition) is 3. The minimum absolute atomic E-state index is 0.184. The Labute approximate surface area is 136 Å². The molecule has 1 N–H and O–H groups in total. The number of sulfonamides is 1. The molecule has 0 saturated heterocycles. The van der Waals surface area contributed by atoms with Crippen LogP contribution >= 0.6 is 11.6 Å². The lowest BCUT2D eigenvalue weighted by Crippen LogP contribution is -2.28. The summed E-state index contributed by atoms with van der Waals surface area (Å²) in [5.41, 5.74) is 2.22. The van der Waals surface area contributed by atoms with Crippen molar-refractivity contribution < 1.29 is 13.2 Å². The normalized spacial score (nSPS) is 11.4. The van der Waals surface area contributed by atoms with Crippen LogP contribution in [0.15, 0.2) is 47.4 Å². The van der Waals surface area contributed by atoms with Crippen molar-refractivity contribution in [2.45, 2.75) is 18.7 Å². The van der Waals surface area contributed by atoms with E-state index >= 15 is 0 Å². The molecule has 118 valence electrons. The number of aryl methyl sites for hydroxylation is 2. The first-order valence-corrected chi connectivity index (χ1v) is 8.69. The standard InChI is InChI=1S/C16H18ClNO3S/c1-12-9-13(2)11-15(10-12)21-8-7-18-22(19,20)16-5-3-14(17)4-6-16/h3-6,9-11,18H,7-8H2,1-2H3. The van der Waals surface area contributed by atoms with Gasteiger partial charge >= 0.3 is 0 Å². The third kappa shape index (κ3) is 4.73. The van der Waals surface area contributed by atoms with Crippen molar-refractivity contribution in [2.24, 2.45) is 0 Å². The Balaban J connectivity index is 1.89. The van der Waals surface area contributed by atoms with E-state index in [4.69, 9.17) is 16.3 Å². The molecule has 0 aliphatic carbocycles. The summed E-state index contributed by atoms with van der Waals surface area (Å²) >= 11 is 5.75. The van der Waals surface area contributed by atoms with Crippen molar-refractivity contribution in [1.82, 2.24) is 4.72 Å². The van der Waals surface area contributed by atoms with E-state index in [1.165, 1.54) is 12.1 Å². The minimum atomic E-state index is -3.54. The van der Waals surface area contributed by atoms with Crippen LogP contribution in [0.1, 0.15) is 11.1 Å². The number of rotatable bonds is 6. The van der Waals surface area contributed by atoms with Crippen molar-refractivity contribution in [2.75, 3.05) is 13.2 Å². The summed E-state index contributed by atoms with van der Waals surface area (Å²) in [4.78, 5) is 0.184. The van der Waals surface area contributed by atoms with Gasteiger partial charge in [-0.05, 0) is 61.4 Å². The third-order valence-electron chi connectivity index (χ3n) is 2.98. The highest BCUT2D eigenvalue weighted by Gasteiger charge is 2.12. The molecule has 0 unspecified atom stereocenters. The van der Waals surface area contributed by atoms with E-state index in [-0.39, 0.29) is 18.0 Å². The second kappa shape index (κ2) is 7.13. The van der Waals surface area contributed by atoms with Gasteiger partial charge in [-0.15, -0.1) is 0 Å². The lowest BCUT2D eigenvalue weighted by atomic mass is 10.1. The van der Waals surface area contributed by atoms with Crippen molar-refractivity contribution in [3.8, 4) is 5.75 Å². The summed E-state index contributed by atoms with van der Waals surface area (Å²) in [6, 6.07) is 11.9. The highest BCUT2D eigenvalue weighted by molar-refractivity contribution is 7.89. The monoisotopic (exact) mass is 339 g/mol. The van der Waals surface area contributed by atoms with Crippen molar-refractivity contribution in [3.05, 3.63) is 58.6 Å². The average molecular weight is 340 g/mol. The molecular weight excluding hydrogens is 322 g/mol. The predicted molar refractivity (Wildman–Crippen MR) is 88.1 cm³/mol. The van der Waals surface area contributed by atoms with Crippen LogP contribution in [-0.4, -0.2) is 21.6 Å². The molecule has 22 heavy (non-hydrogen) atoms. The lowest BCUT2D eigenvalue weighted by Gasteiger charge is -2.10. The van der Waals surface area contributed by atoms with Crippen LogP contribution in [0.5, 0.6) is 5.75 Å². The molecule has 0 bridgehead atoms. The van der Waals surface area contributed by atoms with Crippen LogP contribution in [0.3, 0.4) is 0 Å². The molecule has 2 aromatic rings. The lowest BCUT2D eigenvalue weighted by molar-refractivity contribution is 0.322. The van der Waals surface area contributed by atoms with Gasteiger partial charge in [-0.2, -0.15) is 0 Å². The summed E-state index contributed by atoms with van der Waals surface area (Å²) in [5, 5.41) is 0.497. The zero-order valence-electron chi connectivity index (χ0n) is 12.5. The fraction of sp³-hybridized carbons (Fsp3) is 0.250. The zero-order valence-corrected chi connectivity index (χ0v) is 14.0. The Hall–Kier alpha value is -1.56. The smallest absolute Gasteiger partial charge is 0.240 e. The van der Waals surface area contributed by atoms with Gasteiger partial charge in [0.1, 0.15) is 12.4 Å². The highest BCUT2D eigenvalue weighted by Crippen LogP contribution is 2.16. The van der Waals surface area contributed by atoms with Crippen LogP contribution < -0.4 is 9.46 Å². The van der Waals surface area contributed by atoms with E-state index in [1.54, 1.807) is 12.1 Å². The van der Waals surface area contributed by atoms with E-state index in [2.05, 4.69) is 10.8 Å². The molecule has 0 radical (unpaired) electrons. The molecular formula is C16H18ClNO3S. The highest BCUT2D eigenvalue weighted by atomic mass is 35.5. The van der Waals surface area contributed by atoms with Gasteiger partial charge in [-0.1, -0.05) is 17.7 Å².